The van der Waals surface area contributed by atoms with E-state index in [0.29, 0.717) is 25.6 Å². The van der Waals surface area contributed by atoms with Crippen molar-refractivity contribution in [2.45, 2.75) is 25.7 Å². The van der Waals surface area contributed by atoms with Crippen molar-refractivity contribution in [3.63, 3.8) is 0 Å². The second kappa shape index (κ2) is 8.67. The van der Waals surface area contributed by atoms with Gasteiger partial charge in [-0.25, -0.2) is 0 Å². The van der Waals surface area contributed by atoms with Crippen LogP contribution in [0.2, 0.25) is 0 Å². The molecule has 0 aliphatic carbocycles. The SMILES string of the molecule is Cc1cccc(OCCNC(=O)CN2CCCC(c3ccn[nH]3)C2)c1. The van der Waals surface area contributed by atoms with Gasteiger partial charge in [0.05, 0.1) is 13.1 Å². The summed E-state index contributed by atoms with van der Waals surface area (Å²) in [6, 6.07) is 9.94. The molecule has 0 saturated carbocycles. The van der Waals surface area contributed by atoms with Gasteiger partial charge in [-0.15, -0.1) is 0 Å². The minimum Gasteiger partial charge on any atom is -0.492 e. The van der Waals surface area contributed by atoms with Gasteiger partial charge in [0, 0.05) is 24.4 Å². The Kier molecular flexibility index (Phi) is 6.06. The van der Waals surface area contributed by atoms with Gasteiger partial charge in [0.1, 0.15) is 12.4 Å². The molecule has 2 heterocycles. The fourth-order valence-corrected chi connectivity index (χ4v) is 3.27. The molecule has 0 spiro atoms. The smallest absolute Gasteiger partial charge is 0.234 e. The average Bonchev–Trinajstić information content (AvgIpc) is 3.14. The lowest BCUT2D eigenvalue weighted by Gasteiger charge is -2.31. The zero-order valence-corrected chi connectivity index (χ0v) is 14.7. The van der Waals surface area contributed by atoms with Crippen molar-refractivity contribution in [2.75, 3.05) is 32.8 Å². The van der Waals surface area contributed by atoms with Crippen LogP contribution in [0.25, 0.3) is 0 Å². The van der Waals surface area contributed by atoms with Gasteiger partial charge < -0.3 is 10.1 Å². The summed E-state index contributed by atoms with van der Waals surface area (Å²) in [4.78, 5) is 14.4. The molecule has 1 aromatic carbocycles. The van der Waals surface area contributed by atoms with Crippen molar-refractivity contribution >= 4 is 5.91 Å². The molecule has 134 valence electrons. The molecule has 1 atom stereocenters. The molecule has 2 aromatic rings. The van der Waals surface area contributed by atoms with Crippen molar-refractivity contribution in [1.82, 2.24) is 20.4 Å². The van der Waals surface area contributed by atoms with Gasteiger partial charge in [0.2, 0.25) is 5.91 Å². The van der Waals surface area contributed by atoms with Crippen LogP contribution in [-0.2, 0) is 4.79 Å². The van der Waals surface area contributed by atoms with E-state index in [1.54, 1.807) is 6.20 Å². The third-order valence-corrected chi connectivity index (χ3v) is 4.52. The van der Waals surface area contributed by atoms with E-state index in [-0.39, 0.29) is 5.91 Å². The van der Waals surface area contributed by atoms with E-state index in [4.69, 9.17) is 4.74 Å². The van der Waals surface area contributed by atoms with Crippen LogP contribution in [0.15, 0.2) is 36.5 Å². The van der Waals surface area contributed by atoms with E-state index in [2.05, 4.69) is 20.4 Å². The fraction of sp³-hybridized carbons (Fsp3) is 0.474. The minimum absolute atomic E-state index is 0.0538. The molecule has 1 fully saturated rings. The number of H-pyrrole nitrogens is 1. The number of hydrogen-bond acceptors (Lipinski definition) is 4. The van der Waals surface area contributed by atoms with Gasteiger partial charge in [-0.05, 0) is 50.1 Å². The van der Waals surface area contributed by atoms with Crippen LogP contribution in [0.5, 0.6) is 5.75 Å². The Hall–Kier alpha value is -2.34. The Morgan fingerprint density at radius 1 is 1.44 bits per heavy atom. The molecular formula is C19H26N4O2. The summed E-state index contributed by atoms with van der Waals surface area (Å²) in [6.07, 6.45) is 4.04. The van der Waals surface area contributed by atoms with E-state index in [0.717, 1.165) is 37.4 Å². The van der Waals surface area contributed by atoms with Crippen LogP contribution in [0.1, 0.15) is 30.0 Å². The highest BCUT2D eigenvalue weighted by Crippen LogP contribution is 2.24. The van der Waals surface area contributed by atoms with Crippen LogP contribution in [-0.4, -0.2) is 53.8 Å². The number of ether oxygens (including phenoxy) is 1. The number of amides is 1. The highest BCUT2D eigenvalue weighted by atomic mass is 16.5. The number of piperidine rings is 1. The van der Waals surface area contributed by atoms with Crippen LogP contribution in [0.3, 0.4) is 0 Å². The number of hydrogen-bond donors (Lipinski definition) is 2. The summed E-state index contributed by atoms with van der Waals surface area (Å²) in [5.41, 5.74) is 2.33. The fourth-order valence-electron chi connectivity index (χ4n) is 3.27. The number of benzene rings is 1. The number of aromatic nitrogens is 2. The van der Waals surface area contributed by atoms with E-state index < -0.39 is 0 Å². The average molecular weight is 342 g/mol. The number of aromatic amines is 1. The van der Waals surface area contributed by atoms with Gasteiger partial charge in [0.25, 0.3) is 0 Å². The third-order valence-electron chi connectivity index (χ3n) is 4.52. The molecule has 1 amide bonds. The summed E-state index contributed by atoms with van der Waals surface area (Å²) in [7, 11) is 0. The number of carbonyl (C=O) groups excluding carboxylic acids is 1. The lowest BCUT2D eigenvalue weighted by Crippen LogP contribution is -2.42. The highest BCUT2D eigenvalue weighted by molar-refractivity contribution is 5.78. The Balaban J connectivity index is 1.36. The number of likely N-dealkylation sites (tertiary alicyclic amines) is 1. The predicted molar refractivity (Wildman–Crippen MR) is 96.7 cm³/mol. The van der Waals surface area contributed by atoms with Gasteiger partial charge in [-0.2, -0.15) is 5.10 Å². The van der Waals surface area contributed by atoms with E-state index in [1.807, 2.05) is 37.3 Å². The molecule has 6 nitrogen and oxygen atoms in total. The summed E-state index contributed by atoms with van der Waals surface area (Å²) in [5.74, 6) is 1.33. The van der Waals surface area contributed by atoms with Crippen molar-refractivity contribution in [2.24, 2.45) is 0 Å². The number of rotatable bonds is 7. The molecule has 0 radical (unpaired) electrons. The molecule has 1 aromatic heterocycles. The maximum absolute atomic E-state index is 12.1. The normalized spacial score (nSPS) is 18.0. The van der Waals surface area contributed by atoms with Crippen molar-refractivity contribution in [3.8, 4) is 5.75 Å². The van der Waals surface area contributed by atoms with Gasteiger partial charge >= 0.3 is 0 Å². The second-order valence-corrected chi connectivity index (χ2v) is 6.60. The molecule has 6 heteroatoms. The molecular weight excluding hydrogens is 316 g/mol. The monoisotopic (exact) mass is 342 g/mol. The second-order valence-electron chi connectivity index (χ2n) is 6.60. The Bertz CT molecular complexity index is 672. The van der Waals surface area contributed by atoms with Crippen molar-refractivity contribution < 1.29 is 9.53 Å². The summed E-state index contributed by atoms with van der Waals surface area (Å²) < 4.78 is 5.65. The maximum atomic E-state index is 12.1. The minimum atomic E-state index is 0.0538. The van der Waals surface area contributed by atoms with Crippen LogP contribution >= 0.6 is 0 Å². The lowest BCUT2D eigenvalue weighted by atomic mass is 9.95. The first-order valence-electron chi connectivity index (χ1n) is 8.88. The van der Waals surface area contributed by atoms with E-state index in [1.165, 1.54) is 5.56 Å². The zero-order chi connectivity index (χ0) is 17.5. The zero-order valence-electron chi connectivity index (χ0n) is 14.7. The number of carbonyl (C=O) groups is 1. The molecule has 3 rings (SSSR count). The molecule has 25 heavy (non-hydrogen) atoms. The predicted octanol–water partition coefficient (Wildman–Crippen LogP) is 2.09. The summed E-state index contributed by atoms with van der Waals surface area (Å²) in [6.45, 7) is 5.34. The van der Waals surface area contributed by atoms with Crippen molar-refractivity contribution in [3.05, 3.63) is 47.8 Å². The molecule has 1 unspecified atom stereocenters. The largest absolute Gasteiger partial charge is 0.492 e. The first kappa shape index (κ1) is 17.5. The highest BCUT2D eigenvalue weighted by Gasteiger charge is 2.23. The number of aryl methyl sites for hydroxylation is 1. The summed E-state index contributed by atoms with van der Waals surface area (Å²) in [5, 5.41) is 10.0. The molecule has 2 N–H and O–H groups in total. The molecule has 1 aliphatic heterocycles. The molecule has 1 saturated heterocycles. The standard InChI is InChI=1S/C19H26N4O2/c1-15-4-2-6-17(12-15)25-11-9-20-19(24)14-23-10-3-5-16(13-23)18-7-8-21-22-18/h2,4,6-8,12,16H,3,5,9-11,13-14H2,1H3,(H,20,24)(H,21,22). The first-order valence-corrected chi connectivity index (χ1v) is 8.88. The van der Waals surface area contributed by atoms with Crippen LogP contribution in [0.4, 0.5) is 0 Å². The Morgan fingerprint density at radius 3 is 3.16 bits per heavy atom. The number of nitrogens with one attached hydrogen (secondary N) is 2. The van der Waals surface area contributed by atoms with Gasteiger partial charge in [-0.3, -0.25) is 14.8 Å². The quantitative estimate of drug-likeness (QED) is 0.756. The Morgan fingerprint density at radius 2 is 2.36 bits per heavy atom. The third kappa shape index (κ3) is 5.32. The van der Waals surface area contributed by atoms with Crippen LogP contribution < -0.4 is 10.1 Å². The van der Waals surface area contributed by atoms with Gasteiger partial charge in [0.15, 0.2) is 0 Å². The van der Waals surface area contributed by atoms with E-state index in [9.17, 15) is 4.79 Å². The summed E-state index contributed by atoms with van der Waals surface area (Å²) >= 11 is 0. The molecule has 0 bridgehead atoms. The van der Waals surface area contributed by atoms with E-state index >= 15 is 0 Å². The lowest BCUT2D eigenvalue weighted by molar-refractivity contribution is -0.122. The van der Waals surface area contributed by atoms with Crippen LogP contribution in [0, 0.1) is 6.92 Å². The molecule has 1 aliphatic rings. The van der Waals surface area contributed by atoms with Crippen molar-refractivity contribution in [1.29, 1.82) is 0 Å². The first-order chi connectivity index (χ1) is 12.2. The maximum Gasteiger partial charge on any atom is 0.234 e. The van der Waals surface area contributed by atoms with Gasteiger partial charge in [-0.1, -0.05) is 12.1 Å². The Labute approximate surface area is 148 Å². The topological polar surface area (TPSA) is 70.2 Å². The number of nitrogens with zero attached hydrogens (tertiary/aromatic N) is 2.